The van der Waals surface area contributed by atoms with Crippen molar-refractivity contribution in [2.45, 2.75) is 43.4 Å². The smallest absolute Gasteiger partial charge is 0.245 e. The Bertz CT molecular complexity index is 1010. The largest absolute Gasteiger partial charge is 0.370 e. The highest BCUT2D eigenvalue weighted by molar-refractivity contribution is 7.89. The van der Waals surface area contributed by atoms with Crippen molar-refractivity contribution in [3.05, 3.63) is 53.8 Å². The van der Waals surface area contributed by atoms with Gasteiger partial charge in [0.15, 0.2) is 0 Å². The van der Waals surface area contributed by atoms with E-state index >= 15 is 0 Å². The van der Waals surface area contributed by atoms with E-state index in [-0.39, 0.29) is 5.82 Å². The molecule has 2 aliphatic heterocycles. The standard InChI is InChI=1S/C23H28FN3O2S/c24-21-10-4-3-9-19(21)18-25-20-11-12-22(26-13-5-1-6-14-26)23(17-20)30(28,29)27-15-7-2-8-16-27/h3-4,9-12,17-18H,1-2,5-8,13-16H2. The number of sulfonamides is 1. The second-order valence-corrected chi connectivity index (χ2v) is 9.85. The molecule has 7 heteroatoms. The van der Waals surface area contributed by atoms with E-state index in [1.165, 1.54) is 18.7 Å². The zero-order valence-electron chi connectivity index (χ0n) is 17.1. The summed E-state index contributed by atoms with van der Waals surface area (Å²) in [6, 6.07) is 11.7. The van der Waals surface area contributed by atoms with Crippen molar-refractivity contribution >= 4 is 27.6 Å². The maximum absolute atomic E-state index is 13.9. The van der Waals surface area contributed by atoms with E-state index in [0.29, 0.717) is 29.2 Å². The molecule has 2 aromatic rings. The second-order valence-electron chi connectivity index (χ2n) is 7.94. The van der Waals surface area contributed by atoms with Crippen molar-refractivity contribution in [2.75, 3.05) is 31.1 Å². The number of piperidine rings is 2. The molecule has 160 valence electrons. The number of nitrogens with zero attached hydrogens (tertiary/aromatic N) is 3. The zero-order chi connectivity index (χ0) is 21.0. The van der Waals surface area contributed by atoms with Crippen LogP contribution in [0.2, 0.25) is 0 Å². The van der Waals surface area contributed by atoms with Gasteiger partial charge in [-0.2, -0.15) is 4.31 Å². The quantitative estimate of drug-likeness (QED) is 0.645. The van der Waals surface area contributed by atoms with E-state index in [1.54, 1.807) is 28.6 Å². The van der Waals surface area contributed by atoms with Crippen LogP contribution in [-0.4, -0.2) is 45.1 Å². The number of aliphatic imine (C=N–C) groups is 1. The predicted octanol–water partition coefficient (Wildman–Crippen LogP) is 4.74. The average molecular weight is 430 g/mol. The third kappa shape index (κ3) is 4.57. The van der Waals surface area contributed by atoms with E-state index in [9.17, 15) is 12.8 Å². The fourth-order valence-electron chi connectivity index (χ4n) is 4.15. The number of rotatable bonds is 5. The van der Waals surface area contributed by atoms with Gasteiger partial charge in [0.05, 0.1) is 11.4 Å². The summed E-state index contributed by atoms with van der Waals surface area (Å²) in [5.74, 6) is -0.354. The van der Waals surface area contributed by atoms with Crippen LogP contribution >= 0.6 is 0 Å². The molecule has 30 heavy (non-hydrogen) atoms. The molecule has 0 unspecified atom stereocenters. The van der Waals surface area contributed by atoms with Gasteiger partial charge in [-0.05, 0) is 56.4 Å². The van der Waals surface area contributed by atoms with Crippen LogP contribution < -0.4 is 4.90 Å². The molecule has 0 radical (unpaired) electrons. The predicted molar refractivity (Wildman–Crippen MR) is 119 cm³/mol. The highest BCUT2D eigenvalue weighted by atomic mass is 32.2. The minimum atomic E-state index is -3.61. The van der Waals surface area contributed by atoms with Gasteiger partial charge >= 0.3 is 0 Å². The topological polar surface area (TPSA) is 53.0 Å². The first-order valence-corrected chi connectivity index (χ1v) is 12.2. The molecule has 0 aliphatic carbocycles. The Labute approximate surface area is 178 Å². The van der Waals surface area contributed by atoms with Gasteiger partial charge in [0.25, 0.3) is 0 Å². The minimum absolute atomic E-state index is 0.314. The van der Waals surface area contributed by atoms with Crippen LogP contribution in [0, 0.1) is 5.82 Å². The molecule has 2 fully saturated rings. The van der Waals surface area contributed by atoms with Crippen molar-refractivity contribution < 1.29 is 12.8 Å². The van der Waals surface area contributed by atoms with Crippen LogP contribution in [0.4, 0.5) is 15.8 Å². The fraction of sp³-hybridized carbons (Fsp3) is 0.435. The number of hydrogen-bond donors (Lipinski definition) is 0. The molecule has 0 spiro atoms. The molecule has 0 aromatic heterocycles. The first-order valence-electron chi connectivity index (χ1n) is 10.7. The van der Waals surface area contributed by atoms with Crippen LogP contribution in [0.5, 0.6) is 0 Å². The van der Waals surface area contributed by atoms with Crippen molar-refractivity contribution in [3.8, 4) is 0 Å². The maximum atomic E-state index is 13.9. The van der Waals surface area contributed by atoms with Gasteiger partial charge in [0, 0.05) is 38.0 Å². The summed E-state index contributed by atoms with van der Waals surface area (Å²) in [4.78, 5) is 6.86. The van der Waals surface area contributed by atoms with E-state index in [0.717, 1.165) is 50.9 Å². The van der Waals surface area contributed by atoms with E-state index in [1.807, 2.05) is 12.1 Å². The van der Waals surface area contributed by atoms with Crippen LogP contribution in [0.25, 0.3) is 0 Å². The molecule has 2 aromatic carbocycles. The summed E-state index contributed by atoms with van der Waals surface area (Å²) in [6.45, 7) is 2.84. The number of halogens is 1. The Balaban J connectivity index is 1.72. The first-order chi connectivity index (χ1) is 14.6. The van der Waals surface area contributed by atoms with Gasteiger partial charge in [0.2, 0.25) is 10.0 Å². The third-order valence-electron chi connectivity index (χ3n) is 5.83. The third-order valence-corrected chi connectivity index (χ3v) is 7.76. The maximum Gasteiger partial charge on any atom is 0.245 e. The lowest BCUT2D eigenvalue weighted by atomic mass is 10.1. The van der Waals surface area contributed by atoms with Crippen LogP contribution in [0.15, 0.2) is 52.4 Å². The van der Waals surface area contributed by atoms with Gasteiger partial charge in [0.1, 0.15) is 10.7 Å². The summed E-state index contributed by atoms with van der Waals surface area (Å²) in [5, 5.41) is 0. The van der Waals surface area contributed by atoms with Crippen molar-refractivity contribution in [1.29, 1.82) is 0 Å². The molecule has 5 nitrogen and oxygen atoms in total. The monoisotopic (exact) mass is 429 g/mol. The minimum Gasteiger partial charge on any atom is -0.370 e. The summed E-state index contributed by atoms with van der Waals surface area (Å²) in [5.41, 5.74) is 1.64. The van der Waals surface area contributed by atoms with Crippen molar-refractivity contribution in [2.24, 2.45) is 4.99 Å². The molecule has 0 amide bonds. The lowest BCUT2D eigenvalue weighted by Gasteiger charge is -2.32. The van der Waals surface area contributed by atoms with Gasteiger partial charge in [-0.1, -0.05) is 24.6 Å². The molecular weight excluding hydrogens is 401 g/mol. The molecule has 0 N–H and O–H groups in total. The molecule has 0 saturated carbocycles. The highest BCUT2D eigenvalue weighted by Gasteiger charge is 2.30. The van der Waals surface area contributed by atoms with E-state index in [4.69, 9.17) is 0 Å². The Morgan fingerprint density at radius 3 is 2.23 bits per heavy atom. The van der Waals surface area contributed by atoms with Crippen LogP contribution in [0.1, 0.15) is 44.1 Å². The molecule has 2 saturated heterocycles. The molecule has 0 atom stereocenters. The number of benzene rings is 2. The van der Waals surface area contributed by atoms with Gasteiger partial charge in [-0.3, -0.25) is 4.99 Å². The van der Waals surface area contributed by atoms with E-state index < -0.39 is 10.0 Å². The molecule has 0 bridgehead atoms. The number of anilines is 1. The molecular formula is C23H28FN3O2S. The lowest BCUT2D eigenvalue weighted by molar-refractivity contribution is 0.346. The summed E-state index contributed by atoms with van der Waals surface area (Å²) < 4.78 is 42.5. The van der Waals surface area contributed by atoms with Crippen LogP contribution in [-0.2, 0) is 10.0 Å². The van der Waals surface area contributed by atoms with E-state index in [2.05, 4.69) is 9.89 Å². The average Bonchev–Trinajstić information content (AvgIpc) is 2.79. The summed E-state index contributed by atoms with van der Waals surface area (Å²) >= 11 is 0. The molecule has 4 rings (SSSR count). The zero-order valence-corrected chi connectivity index (χ0v) is 18.0. The van der Waals surface area contributed by atoms with Gasteiger partial charge < -0.3 is 4.90 Å². The molecule has 2 heterocycles. The Morgan fingerprint density at radius 1 is 0.867 bits per heavy atom. The van der Waals surface area contributed by atoms with Gasteiger partial charge in [-0.25, -0.2) is 12.8 Å². The fourth-order valence-corrected chi connectivity index (χ4v) is 5.90. The highest BCUT2D eigenvalue weighted by Crippen LogP contribution is 2.34. The summed E-state index contributed by atoms with van der Waals surface area (Å²) in [6.07, 6.45) is 7.61. The summed E-state index contributed by atoms with van der Waals surface area (Å²) in [7, 11) is -3.61. The normalized spacial score (nSPS) is 18.8. The number of hydrogen-bond acceptors (Lipinski definition) is 4. The van der Waals surface area contributed by atoms with Crippen molar-refractivity contribution in [3.63, 3.8) is 0 Å². The Kier molecular flexibility index (Phi) is 6.49. The lowest BCUT2D eigenvalue weighted by Crippen LogP contribution is -2.37. The molecule has 2 aliphatic rings. The SMILES string of the molecule is O=S(=O)(c1cc(N=Cc2ccccc2F)ccc1N1CCCCC1)N1CCCCC1. The Morgan fingerprint density at radius 2 is 1.53 bits per heavy atom. The van der Waals surface area contributed by atoms with Crippen LogP contribution in [0.3, 0.4) is 0 Å². The first kappa shape index (κ1) is 21.0. The Hall–Kier alpha value is -2.25. The van der Waals surface area contributed by atoms with Gasteiger partial charge in [-0.15, -0.1) is 0 Å². The second kappa shape index (κ2) is 9.27. The van der Waals surface area contributed by atoms with Crippen molar-refractivity contribution in [1.82, 2.24) is 4.31 Å².